The molecule has 1 fully saturated rings. The maximum atomic E-state index is 6.27. The number of hydrogen-bond acceptors (Lipinski definition) is 2. The van der Waals surface area contributed by atoms with E-state index in [1.54, 1.807) is 0 Å². The van der Waals surface area contributed by atoms with Crippen LogP contribution in [0.5, 0.6) is 0 Å². The van der Waals surface area contributed by atoms with E-state index >= 15 is 0 Å². The molecule has 0 spiro atoms. The number of anilines is 1. The van der Waals surface area contributed by atoms with Crippen molar-refractivity contribution < 1.29 is 0 Å². The van der Waals surface area contributed by atoms with Gasteiger partial charge in [0.05, 0.1) is 5.69 Å². The molecule has 100 valence electrons. The Morgan fingerprint density at radius 3 is 2.83 bits per heavy atom. The average molecular weight is 332 g/mol. The van der Waals surface area contributed by atoms with Crippen LogP contribution in [0.15, 0.2) is 16.6 Å². The fourth-order valence-corrected chi connectivity index (χ4v) is 3.32. The zero-order valence-electron chi connectivity index (χ0n) is 11.1. The Bertz CT molecular complexity index is 434. The minimum absolute atomic E-state index is 0.522. The molecule has 0 radical (unpaired) electrons. The molecule has 0 aliphatic carbocycles. The first kappa shape index (κ1) is 14.2. The fourth-order valence-electron chi connectivity index (χ4n) is 2.48. The van der Waals surface area contributed by atoms with Crippen LogP contribution in [0.4, 0.5) is 5.69 Å². The van der Waals surface area contributed by atoms with E-state index < -0.39 is 0 Å². The number of benzene rings is 1. The summed E-state index contributed by atoms with van der Waals surface area (Å²) in [6.07, 6.45) is 0. The second-order valence-electron chi connectivity index (χ2n) is 5.26. The minimum Gasteiger partial charge on any atom is -0.365 e. The van der Waals surface area contributed by atoms with Crippen molar-refractivity contribution in [3.05, 3.63) is 27.2 Å². The number of aryl methyl sites for hydroxylation is 1. The van der Waals surface area contributed by atoms with Crippen LogP contribution < -0.4 is 10.2 Å². The highest BCUT2D eigenvalue weighted by Gasteiger charge is 2.26. The molecule has 1 unspecified atom stereocenters. The van der Waals surface area contributed by atoms with Crippen molar-refractivity contribution in [1.29, 1.82) is 0 Å². The summed E-state index contributed by atoms with van der Waals surface area (Å²) in [6.45, 7) is 9.68. The van der Waals surface area contributed by atoms with Crippen LogP contribution in [-0.4, -0.2) is 25.7 Å². The van der Waals surface area contributed by atoms with E-state index in [0.29, 0.717) is 12.0 Å². The van der Waals surface area contributed by atoms with Gasteiger partial charge >= 0.3 is 0 Å². The molecule has 1 aromatic rings. The monoisotopic (exact) mass is 330 g/mol. The molecule has 1 aromatic carbocycles. The number of nitrogens with one attached hydrogen (secondary N) is 1. The summed E-state index contributed by atoms with van der Waals surface area (Å²) in [6, 6.07) is 4.72. The van der Waals surface area contributed by atoms with Crippen molar-refractivity contribution in [2.24, 2.45) is 5.92 Å². The van der Waals surface area contributed by atoms with Crippen LogP contribution in [0.2, 0.25) is 5.02 Å². The molecule has 1 N–H and O–H groups in total. The van der Waals surface area contributed by atoms with Crippen LogP contribution in [-0.2, 0) is 0 Å². The van der Waals surface area contributed by atoms with Gasteiger partial charge in [-0.25, -0.2) is 0 Å². The van der Waals surface area contributed by atoms with E-state index in [0.717, 1.165) is 34.7 Å². The van der Waals surface area contributed by atoms with Gasteiger partial charge in [0.25, 0.3) is 0 Å². The lowest BCUT2D eigenvalue weighted by Crippen LogP contribution is -2.53. The standard InChI is InChI=1S/C14H20BrClN2/c1-9(2)14-8-17-4-5-18(14)13-7-12(16)10(3)6-11(13)15/h6-7,9,14,17H,4-5,8H2,1-3H3. The van der Waals surface area contributed by atoms with Gasteiger partial charge in [0.1, 0.15) is 0 Å². The highest BCUT2D eigenvalue weighted by molar-refractivity contribution is 9.10. The van der Waals surface area contributed by atoms with Crippen molar-refractivity contribution in [2.45, 2.75) is 26.8 Å². The van der Waals surface area contributed by atoms with Crippen LogP contribution in [0.25, 0.3) is 0 Å². The molecule has 18 heavy (non-hydrogen) atoms. The van der Waals surface area contributed by atoms with Gasteiger partial charge in [-0.3, -0.25) is 0 Å². The summed E-state index contributed by atoms with van der Waals surface area (Å²) in [7, 11) is 0. The predicted molar refractivity (Wildman–Crippen MR) is 82.7 cm³/mol. The molecule has 1 saturated heterocycles. The summed E-state index contributed by atoms with van der Waals surface area (Å²) in [5.74, 6) is 0.616. The Morgan fingerprint density at radius 1 is 1.44 bits per heavy atom. The van der Waals surface area contributed by atoms with E-state index in [9.17, 15) is 0 Å². The van der Waals surface area contributed by atoms with Crippen LogP contribution in [0.3, 0.4) is 0 Å². The van der Waals surface area contributed by atoms with Gasteiger partial charge in [0, 0.05) is 35.2 Å². The maximum Gasteiger partial charge on any atom is 0.0529 e. The van der Waals surface area contributed by atoms with Crippen LogP contribution >= 0.6 is 27.5 Å². The third kappa shape index (κ3) is 2.84. The lowest BCUT2D eigenvalue weighted by molar-refractivity contribution is 0.390. The Labute approximate surface area is 123 Å². The molecule has 0 bridgehead atoms. The number of piperazine rings is 1. The molecular formula is C14H20BrClN2. The summed E-state index contributed by atoms with van der Waals surface area (Å²) in [5, 5.41) is 4.31. The molecule has 1 aliphatic heterocycles. The number of halogens is 2. The molecule has 0 amide bonds. The molecule has 2 rings (SSSR count). The zero-order valence-corrected chi connectivity index (χ0v) is 13.5. The molecule has 1 heterocycles. The second kappa shape index (κ2) is 5.81. The van der Waals surface area contributed by atoms with Crippen molar-refractivity contribution >= 4 is 33.2 Å². The van der Waals surface area contributed by atoms with Crippen molar-refractivity contribution in [2.75, 3.05) is 24.5 Å². The van der Waals surface area contributed by atoms with Crippen LogP contribution in [0.1, 0.15) is 19.4 Å². The summed E-state index contributed by atoms with van der Waals surface area (Å²) in [4.78, 5) is 2.47. The number of rotatable bonds is 2. The Balaban J connectivity index is 2.36. The Morgan fingerprint density at radius 2 is 2.17 bits per heavy atom. The van der Waals surface area contributed by atoms with Crippen LogP contribution in [0, 0.1) is 12.8 Å². The minimum atomic E-state index is 0.522. The van der Waals surface area contributed by atoms with E-state index in [1.165, 1.54) is 5.69 Å². The molecule has 1 atom stereocenters. The second-order valence-corrected chi connectivity index (χ2v) is 6.52. The normalized spacial score (nSPS) is 20.6. The maximum absolute atomic E-state index is 6.27. The zero-order chi connectivity index (χ0) is 13.3. The topological polar surface area (TPSA) is 15.3 Å². The Kier molecular flexibility index (Phi) is 4.57. The lowest BCUT2D eigenvalue weighted by atomic mass is 9.99. The largest absolute Gasteiger partial charge is 0.365 e. The van der Waals surface area contributed by atoms with Gasteiger partial charge < -0.3 is 10.2 Å². The molecule has 1 aliphatic rings. The Hall–Kier alpha value is -0.250. The van der Waals surface area contributed by atoms with Gasteiger partial charge in [-0.2, -0.15) is 0 Å². The average Bonchev–Trinajstić information content (AvgIpc) is 2.34. The summed E-state index contributed by atoms with van der Waals surface area (Å²) in [5.41, 5.74) is 2.33. The highest BCUT2D eigenvalue weighted by Crippen LogP contribution is 2.34. The fraction of sp³-hybridized carbons (Fsp3) is 0.571. The SMILES string of the molecule is Cc1cc(Br)c(N2CCNCC2C(C)C)cc1Cl. The van der Waals surface area contributed by atoms with Crippen molar-refractivity contribution in [1.82, 2.24) is 5.32 Å². The molecule has 0 saturated carbocycles. The first-order valence-corrected chi connectivity index (χ1v) is 7.61. The van der Waals surface area contributed by atoms with Gasteiger partial charge in [-0.15, -0.1) is 0 Å². The number of nitrogens with zero attached hydrogens (tertiary/aromatic N) is 1. The summed E-state index contributed by atoms with van der Waals surface area (Å²) >= 11 is 9.94. The predicted octanol–water partition coefficient (Wildman–Crippen LogP) is 3.85. The molecule has 4 heteroatoms. The lowest BCUT2D eigenvalue weighted by Gasteiger charge is -2.41. The first-order valence-electron chi connectivity index (χ1n) is 6.43. The van der Waals surface area contributed by atoms with Gasteiger partial charge in [-0.05, 0) is 46.5 Å². The smallest absolute Gasteiger partial charge is 0.0529 e. The van der Waals surface area contributed by atoms with Crippen molar-refractivity contribution in [3.8, 4) is 0 Å². The number of hydrogen-bond donors (Lipinski definition) is 1. The van der Waals surface area contributed by atoms with Crippen molar-refractivity contribution in [3.63, 3.8) is 0 Å². The molecule has 0 aromatic heterocycles. The third-order valence-electron chi connectivity index (χ3n) is 3.59. The van der Waals surface area contributed by atoms with Gasteiger partial charge in [0.15, 0.2) is 0 Å². The van der Waals surface area contributed by atoms with E-state index in [2.05, 4.69) is 52.1 Å². The molecule has 2 nitrogen and oxygen atoms in total. The third-order valence-corrected chi connectivity index (χ3v) is 4.63. The van der Waals surface area contributed by atoms with E-state index in [-0.39, 0.29) is 0 Å². The van der Waals surface area contributed by atoms with E-state index in [4.69, 9.17) is 11.6 Å². The van der Waals surface area contributed by atoms with Gasteiger partial charge in [0.2, 0.25) is 0 Å². The first-order chi connectivity index (χ1) is 8.50. The van der Waals surface area contributed by atoms with Gasteiger partial charge in [-0.1, -0.05) is 25.4 Å². The quantitative estimate of drug-likeness (QED) is 0.885. The molecular weight excluding hydrogens is 312 g/mol. The highest BCUT2D eigenvalue weighted by atomic mass is 79.9. The van der Waals surface area contributed by atoms with E-state index in [1.807, 2.05) is 6.92 Å². The summed E-state index contributed by atoms with van der Waals surface area (Å²) < 4.78 is 1.14.